The number of aliphatic hydroxyl groups is 1. The second-order valence-electron chi connectivity index (χ2n) is 9.27. The van der Waals surface area contributed by atoms with Gasteiger partial charge in [-0.05, 0) is 64.5 Å². The number of likely N-dealkylation sites (tertiary alicyclic amines) is 1. The lowest BCUT2D eigenvalue weighted by molar-refractivity contribution is 0.0359. The first kappa shape index (κ1) is 21.6. The molecular formula is C23H39N3O2. The molecule has 0 unspecified atom stereocenters. The van der Waals surface area contributed by atoms with E-state index in [4.69, 9.17) is 4.74 Å². The number of benzene rings is 1. The second kappa shape index (κ2) is 10.1. The zero-order valence-corrected chi connectivity index (χ0v) is 18.1. The van der Waals surface area contributed by atoms with Gasteiger partial charge in [0.1, 0.15) is 18.5 Å². The Bertz CT molecular complexity index is 599. The van der Waals surface area contributed by atoms with Crippen LogP contribution in [0.1, 0.15) is 45.1 Å². The van der Waals surface area contributed by atoms with E-state index in [2.05, 4.69) is 53.8 Å². The summed E-state index contributed by atoms with van der Waals surface area (Å²) in [5.74, 6) is 0.862. The SMILES string of the molecule is CN1CCN(Cc2cccc(OC[C@@H](O)CN3CCCCCC3)c2)CC1(C)C. The number of likely N-dealkylation sites (N-methyl/N-ethyl adjacent to an activating group) is 1. The first-order chi connectivity index (χ1) is 13.4. The van der Waals surface area contributed by atoms with Gasteiger partial charge in [0, 0.05) is 38.3 Å². The van der Waals surface area contributed by atoms with Crippen molar-refractivity contribution in [3.05, 3.63) is 29.8 Å². The summed E-state index contributed by atoms with van der Waals surface area (Å²) in [7, 11) is 2.21. The summed E-state index contributed by atoms with van der Waals surface area (Å²) < 4.78 is 5.92. The van der Waals surface area contributed by atoms with Crippen LogP contribution in [0.4, 0.5) is 0 Å². The van der Waals surface area contributed by atoms with Crippen molar-refractivity contribution in [2.75, 3.05) is 52.9 Å². The fourth-order valence-corrected chi connectivity index (χ4v) is 4.33. The van der Waals surface area contributed by atoms with Crippen LogP contribution >= 0.6 is 0 Å². The molecule has 1 atom stereocenters. The number of rotatable bonds is 7. The minimum absolute atomic E-state index is 0.212. The fraction of sp³-hybridized carbons (Fsp3) is 0.739. The number of piperazine rings is 1. The van der Waals surface area contributed by atoms with Gasteiger partial charge in [-0.3, -0.25) is 9.80 Å². The predicted octanol–water partition coefficient (Wildman–Crippen LogP) is 2.83. The molecule has 2 saturated heterocycles. The first-order valence-electron chi connectivity index (χ1n) is 11.0. The average Bonchev–Trinajstić information content (AvgIpc) is 2.92. The summed E-state index contributed by atoms with van der Waals surface area (Å²) in [5, 5.41) is 10.4. The summed E-state index contributed by atoms with van der Waals surface area (Å²) in [4.78, 5) is 7.34. The topological polar surface area (TPSA) is 39.2 Å². The van der Waals surface area contributed by atoms with E-state index in [1.807, 2.05) is 6.07 Å². The molecule has 158 valence electrons. The molecule has 0 amide bonds. The van der Waals surface area contributed by atoms with Crippen LogP contribution in [0.2, 0.25) is 0 Å². The molecule has 1 aromatic rings. The van der Waals surface area contributed by atoms with E-state index in [1.54, 1.807) is 0 Å². The molecule has 1 N–H and O–H groups in total. The van der Waals surface area contributed by atoms with E-state index in [1.165, 1.54) is 31.2 Å². The molecule has 2 heterocycles. The largest absolute Gasteiger partial charge is 0.491 e. The van der Waals surface area contributed by atoms with Gasteiger partial charge >= 0.3 is 0 Å². The quantitative estimate of drug-likeness (QED) is 0.776. The summed E-state index contributed by atoms with van der Waals surface area (Å²) in [6.07, 6.45) is 4.71. The van der Waals surface area contributed by atoms with Gasteiger partial charge in [-0.1, -0.05) is 25.0 Å². The smallest absolute Gasteiger partial charge is 0.119 e. The molecule has 5 nitrogen and oxygen atoms in total. The molecule has 1 aromatic carbocycles. The summed E-state index contributed by atoms with van der Waals surface area (Å²) in [6, 6.07) is 8.36. The Hall–Kier alpha value is -1.14. The van der Waals surface area contributed by atoms with Crippen LogP contribution in [-0.4, -0.2) is 84.4 Å². The van der Waals surface area contributed by atoms with Crippen LogP contribution in [0, 0.1) is 0 Å². The van der Waals surface area contributed by atoms with Crippen LogP contribution in [0.15, 0.2) is 24.3 Å². The van der Waals surface area contributed by atoms with Crippen molar-refractivity contribution in [2.24, 2.45) is 0 Å². The van der Waals surface area contributed by atoms with Gasteiger partial charge in [-0.2, -0.15) is 0 Å². The van der Waals surface area contributed by atoms with E-state index in [0.717, 1.165) is 51.6 Å². The first-order valence-corrected chi connectivity index (χ1v) is 11.0. The molecule has 0 saturated carbocycles. The number of hydrogen-bond acceptors (Lipinski definition) is 5. The van der Waals surface area contributed by atoms with Gasteiger partial charge in [0.25, 0.3) is 0 Å². The molecule has 0 aromatic heterocycles. The molecule has 3 rings (SSSR count). The lowest BCUT2D eigenvalue weighted by atomic mass is 9.99. The Morgan fingerprint density at radius 2 is 1.79 bits per heavy atom. The van der Waals surface area contributed by atoms with Crippen molar-refractivity contribution < 1.29 is 9.84 Å². The highest BCUT2D eigenvalue weighted by Crippen LogP contribution is 2.22. The average molecular weight is 390 g/mol. The van der Waals surface area contributed by atoms with Crippen molar-refractivity contribution in [1.29, 1.82) is 0 Å². The third-order valence-electron chi connectivity index (χ3n) is 6.31. The number of β-amino-alcohol motifs (C(OH)–C–C–N with tert-alkyl or cyclic N) is 1. The molecule has 0 radical (unpaired) electrons. The molecule has 0 bridgehead atoms. The van der Waals surface area contributed by atoms with Gasteiger partial charge in [-0.25, -0.2) is 0 Å². The maximum Gasteiger partial charge on any atom is 0.119 e. The normalized spacial score (nSPS) is 23.3. The number of aliphatic hydroxyl groups excluding tert-OH is 1. The Kier molecular flexibility index (Phi) is 7.75. The maximum absolute atomic E-state index is 10.4. The van der Waals surface area contributed by atoms with Crippen molar-refractivity contribution in [2.45, 2.75) is 57.7 Å². The van der Waals surface area contributed by atoms with Crippen LogP contribution < -0.4 is 4.74 Å². The molecule has 2 aliphatic rings. The van der Waals surface area contributed by atoms with Crippen molar-refractivity contribution in [3.8, 4) is 5.75 Å². The van der Waals surface area contributed by atoms with Gasteiger partial charge in [0.15, 0.2) is 0 Å². The van der Waals surface area contributed by atoms with E-state index < -0.39 is 6.10 Å². The predicted molar refractivity (Wildman–Crippen MR) is 115 cm³/mol. The van der Waals surface area contributed by atoms with Crippen LogP contribution in [0.25, 0.3) is 0 Å². The van der Waals surface area contributed by atoms with Crippen molar-refractivity contribution in [3.63, 3.8) is 0 Å². The third kappa shape index (κ3) is 6.45. The van der Waals surface area contributed by atoms with Gasteiger partial charge in [0.2, 0.25) is 0 Å². The highest BCUT2D eigenvalue weighted by molar-refractivity contribution is 5.28. The van der Waals surface area contributed by atoms with Gasteiger partial charge < -0.3 is 14.7 Å². The molecule has 2 aliphatic heterocycles. The number of hydrogen-bond donors (Lipinski definition) is 1. The summed E-state index contributed by atoms with van der Waals surface area (Å²) in [6.45, 7) is 12.1. The lowest BCUT2D eigenvalue weighted by Crippen LogP contribution is -2.57. The highest BCUT2D eigenvalue weighted by Gasteiger charge is 2.30. The molecule has 5 heteroatoms. The summed E-state index contributed by atoms with van der Waals surface area (Å²) in [5.41, 5.74) is 1.49. The van der Waals surface area contributed by atoms with Crippen LogP contribution in [0.3, 0.4) is 0 Å². The molecule has 2 fully saturated rings. The van der Waals surface area contributed by atoms with Gasteiger partial charge in [0.05, 0.1) is 0 Å². The third-order valence-corrected chi connectivity index (χ3v) is 6.31. The fourth-order valence-electron chi connectivity index (χ4n) is 4.33. The van der Waals surface area contributed by atoms with Crippen LogP contribution in [-0.2, 0) is 6.54 Å². The Morgan fingerprint density at radius 1 is 1.04 bits per heavy atom. The Labute approximate surface area is 171 Å². The maximum atomic E-state index is 10.4. The Morgan fingerprint density at radius 3 is 2.50 bits per heavy atom. The molecule has 0 spiro atoms. The number of nitrogens with zero attached hydrogens (tertiary/aromatic N) is 3. The van der Waals surface area contributed by atoms with E-state index in [9.17, 15) is 5.11 Å². The monoisotopic (exact) mass is 389 g/mol. The number of ether oxygens (including phenoxy) is 1. The van der Waals surface area contributed by atoms with Crippen LogP contribution in [0.5, 0.6) is 5.75 Å². The van der Waals surface area contributed by atoms with E-state index in [0.29, 0.717) is 6.61 Å². The molecule has 28 heavy (non-hydrogen) atoms. The van der Waals surface area contributed by atoms with Crippen molar-refractivity contribution in [1.82, 2.24) is 14.7 Å². The minimum Gasteiger partial charge on any atom is -0.491 e. The highest BCUT2D eigenvalue weighted by atomic mass is 16.5. The van der Waals surface area contributed by atoms with Gasteiger partial charge in [-0.15, -0.1) is 0 Å². The summed E-state index contributed by atoms with van der Waals surface area (Å²) >= 11 is 0. The van der Waals surface area contributed by atoms with E-state index in [-0.39, 0.29) is 5.54 Å². The zero-order chi connectivity index (χ0) is 20.0. The molecule has 0 aliphatic carbocycles. The zero-order valence-electron chi connectivity index (χ0n) is 18.1. The van der Waals surface area contributed by atoms with Crippen molar-refractivity contribution >= 4 is 0 Å². The standard InChI is InChI=1S/C23H39N3O2/c1-23(2)19-26(14-13-24(23)3)16-20-9-8-10-22(15-20)28-18-21(27)17-25-11-6-4-5-7-12-25/h8-10,15,21,27H,4-7,11-14,16-19H2,1-3H3/t21-/m0/s1. The molecular weight excluding hydrogens is 350 g/mol. The Balaban J connectivity index is 1.46. The minimum atomic E-state index is -0.430. The second-order valence-corrected chi connectivity index (χ2v) is 9.27. The lowest BCUT2D eigenvalue weighted by Gasteiger charge is -2.45. The van der Waals surface area contributed by atoms with E-state index >= 15 is 0 Å².